The molecule has 0 radical (unpaired) electrons. The number of rotatable bonds is 7. The van der Waals surface area contributed by atoms with Gasteiger partial charge in [0.05, 0.1) is 5.56 Å². The number of ether oxygens (including phenoxy) is 1. The molecule has 2 fully saturated rings. The van der Waals surface area contributed by atoms with Crippen molar-refractivity contribution in [3.05, 3.63) is 70.2 Å². The van der Waals surface area contributed by atoms with Crippen LogP contribution in [0.3, 0.4) is 0 Å². The first-order valence-corrected chi connectivity index (χ1v) is 11.8. The molecule has 0 saturated carbocycles. The standard InChI is InChI=1S/C25H27F3N4O5/c1-15-21(19(22(29)33)7-10-32(15)36)23(34)31-13-17-11-30(12-18(17)14-31)9-8-20(16-5-3-2-4-6-16)37-24(35)25(26,27)28/h2-7,10,17-18,20H,8-9,11-14H2,1H3,(H2,29,33)/t17-,18?,20?/m0/s1. The number of hydrogen-bond donors (Lipinski definition) is 1. The monoisotopic (exact) mass is 520 g/mol. The molecule has 198 valence electrons. The van der Waals surface area contributed by atoms with Gasteiger partial charge in [-0.2, -0.15) is 17.9 Å². The molecule has 37 heavy (non-hydrogen) atoms. The van der Waals surface area contributed by atoms with Crippen molar-refractivity contribution in [1.29, 1.82) is 0 Å². The summed E-state index contributed by atoms with van der Waals surface area (Å²) in [5.74, 6) is -3.20. The van der Waals surface area contributed by atoms with Crippen LogP contribution in [0.15, 0.2) is 42.6 Å². The van der Waals surface area contributed by atoms with Gasteiger partial charge in [0, 0.05) is 52.1 Å². The lowest BCUT2D eigenvalue weighted by atomic mass is 10.0. The summed E-state index contributed by atoms with van der Waals surface area (Å²) in [7, 11) is 0. The molecule has 2 amide bonds. The van der Waals surface area contributed by atoms with Gasteiger partial charge >= 0.3 is 12.1 Å². The van der Waals surface area contributed by atoms with E-state index in [-0.39, 0.29) is 35.1 Å². The van der Waals surface area contributed by atoms with Crippen molar-refractivity contribution < 1.29 is 37.0 Å². The maximum Gasteiger partial charge on any atom is 0.490 e. The third kappa shape index (κ3) is 5.68. The Hall–Kier alpha value is -3.67. The van der Waals surface area contributed by atoms with Crippen molar-refractivity contribution in [2.24, 2.45) is 17.6 Å². The predicted molar refractivity (Wildman–Crippen MR) is 124 cm³/mol. The fraction of sp³-hybridized carbons (Fsp3) is 0.440. The van der Waals surface area contributed by atoms with E-state index in [9.17, 15) is 32.8 Å². The van der Waals surface area contributed by atoms with E-state index in [1.807, 2.05) is 0 Å². The number of carbonyl (C=O) groups excluding carboxylic acids is 3. The molecule has 2 aliphatic rings. The van der Waals surface area contributed by atoms with E-state index < -0.39 is 30.1 Å². The van der Waals surface area contributed by atoms with Gasteiger partial charge in [0.15, 0.2) is 6.20 Å². The number of hydrogen-bond acceptors (Lipinski definition) is 6. The van der Waals surface area contributed by atoms with Crippen molar-refractivity contribution in [1.82, 2.24) is 9.80 Å². The molecule has 2 unspecified atom stereocenters. The topological polar surface area (TPSA) is 120 Å². The lowest BCUT2D eigenvalue weighted by Gasteiger charge is -2.25. The number of carbonyl (C=O) groups is 3. The van der Waals surface area contributed by atoms with Gasteiger partial charge in [-0.1, -0.05) is 30.3 Å². The fourth-order valence-electron chi connectivity index (χ4n) is 5.17. The molecule has 1 aromatic carbocycles. The fourth-order valence-corrected chi connectivity index (χ4v) is 5.17. The van der Waals surface area contributed by atoms with Crippen LogP contribution in [0, 0.1) is 24.0 Å². The third-order valence-electron chi connectivity index (χ3n) is 7.03. The molecule has 12 heteroatoms. The van der Waals surface area contributed by atoms with Gasteiger partial charge in [0.25, 0.3) is 5.91 Å². The van der Waals surface area contributed by atoms with Crippen molar-refractivity contribution in [3.63, 3.8) is 0 Å². The van der Waals surface area contributed by atoms with Crippen LogP contribution in [-0.4, -0.2) is 66.5 Å². The zero-order valence-electron chi connectivity index (χ0n) is 20.1. The Kier molecular flexibility index (Phi) is 7.39. The molecule has 0 aliphatic carbocycles. The van der Waals surface area contributed by atoms with Gasteiger partial charge in [-0.3, -0.25) is 9.59 Å². The van der Waals surface area contributed by atoms with Crippen LogP contribution in [-0.2, 0) is 9.53 Å². The van der Waals surface area contributed by atoms with Crippen molar-refractivity contribution >= 4 is 17.8 Å². The minimum atomic E-state index is -5.08. The second-order valence-electron chi connectivity index (χ2n) is 9.46. The number of halogens is 3. The van der Waals surface area contributed by atoms with Gasteiger partial charge < -0.3 is 25.5 Å². The molecular formula is C25H27F3N4O5. The van der Waals surface area contributed by atoms with E-state index in [4.69, 9.17) is 10.5 Å². The molecule has 3 heterocycles. The Morgan fingerprint density at radius 1 is 1.11 bits per heavy atom. The quantitative estimate of drug-likeness (QED) is 0.339. The average Bonchev–Trinajstić information content (AvgIpc) is 3.41. The van der Waals surface area contributed by atoms with E-state index in [0.29, 0.717) is 43.0 Å². The zero-order chi connectivity index (χ0) is 26.9. The summed E-state index contributed by atoms with van der Waals surface area (Å²) in [5, 5.41) is 12.0. The first-order valence-electron chi connectivity index (χ1n) is 11.8. The highest BCUT2D eigenvalue weighted by Gasteiger charge is 2.44. The molecule has 0 bridgehead atoms. The minimum Gasteiger partial charge on any atom is -0.618 e. The molecule has 2 aliphatic heterocycles. The first-order chi connectivity index (χ1) is 17.5. The molecule has 0 spiro atoms. The van der Waals surface area contributed by atoms with Crippen molar-refractivity contribution in [2.75, 3.05) is 32.7 Å². The number of benzene rings is 1. The molecule has 9 nitrogen and oxygen atoms in total. The smallest absolute Gasteiger partial charge is 0.490 e. The second-order valence-corrected chi connectivity index (χ2v) is 9.46. The Morgan fingerprint density at radius 2 is 1.73 bits per heavy atom. The van der Waals surface area contributed by atoms with Gasteiger partial charge in [-0.15, -0.1) is 0 Å². The van der Waals surface area contributed by atoms with E-state index in [1.54, 1.807) is 35.2 Å². The number of primary amides is 1. The van der Waals surface area contributed by atoms with Crippen molar-refractivity contribution in [3.8, 4) is 0 Å². The van der Waals surface area contributed by atoms with Gasteiger partial charge in [-0.05, 0) is 17.4 Å². The van der Waals surface area contributed by atoms with Crippen LogP contribution < -0.4 is 10.5 Å². The molecule has 4 rings (SSSR count). The number of nitrogens with zero attached hydrogens (tertiary/aromatic N) is 3. The van der Waals surface area contributed by atoms with E-state index in [0.717, 1.165) is 6.20 Å². The van der Waals surface area contributed by atoms with E-state index in [1.165, 1.54) is 13.0 Å². The van der Waals surface area contributed by atoms with Crippen molar-refractivity contribution in [2.45, 2.75) is 25.6 Å². The largest absolute Gasteiger partial charge is 0.618 e. The summed E-state index contributed by atoms with van der Waals surface area (Å²) in [5.41, 5.74) is 5.98. The van der Waals surface area contributed by atoms with Gasteiger partial charge in [0.1, 0.15) is 11.7 Å². The zero-order valence-corrected chi connectivity index (χ0v) is 20.1. The Morgan fingerprint density at radius 3 is 2.30 bits per heavy atom. The summed E-state index contributed by atoms with van der Waals surface area (Å²) in [4.78, 5) is 40.2. The van der Waals surface area contributed by atoms with Crippen LogP contribution in [0.2, 0.25) is 0 Å². The van der Waals surface area contributed by atoms with Crippen LogP contribution in [0.25, 0.3) is 0 Å². The summed E-state index contributed by atoms with van der Waals surface area (Å²) >= 11 is 0. The highest BCUT2D eigenvalue weighted by molar-refractivity contribution is 6.07. The third-order valence-corrected chi connectivity index (χ3v) is 7.03. The summed E-state index contributed by atoms with van der Waals surface area (Å²) in [6.45, 7) is 3.92. The SMILES string of the molecule is Cc1c(C(=O)N2CC3CN(CCC(OC(=O)C(F)(F)F)c4ccccc4)C[C@H]3C2)c(C(N)=O)cc[n+]1[O-]. The Labute approximate surface area is 211 Å². The number of fused-ring (bicyclic) bond motifs is 1. The number of alkyl halides is 3. The summed E-state index contributed by atoms with van der Waals surface area (Å²) in [6, 6.07) is 9.54. The lowest BCUT2D eigenvalue weighted by Crippen LogP contribution is -2.39. The predicted octanol–water partition coefficient (Wildman–Crippen LogP) is 1.97. The Bertz CT molecular complexity index is 1180. The normalized spacial score (nSPS) is 20.5. The maximum atomic E-state index is 13.2. The first kappa shape index (κ1) is 26.4. The number of nitrogens with two attached hydrogens (primary N) is 1. The highest BCUT2D eigenvalue weighted by atomic mass is 19.4. The maximum absolute atomic E-state index is 13.2. The minimum absolute atomic E-state index is 0.000914. The van der Waals surface area contributed by atoms with Crippen LogP contribution in [0.5, 0.6) is 0 Å². The van der Waals surface area contributed by atoms with Crippen LogP contribution >= 0.6 is 0 Å². The average molecular weight is 521 g/mol. The van der Waals surface area contributed by atoms with Gasteiger partial charge in [0.2, 0.25) is 11.6 Å². The molecule has 2 aromatic rings. The Balaban J connectivity index is 1.38. The van der Waals surface area contributed by atoms with Crippen LogP contribution in [0.4, 0.5) is 13.2 Å². The van der Waals surface area contributed by atoms with E-state index in [2.05, 4.69) is 4.90 Å². The highest BCUT2D eigenvalue weighted by Crippen LogP contribution is 2.34. The van der Waals surface area contributed by atoms with Crippen LogP contribution in [0.1, 0.15) is 44.5 Å². The van der Waals surface area contributed by atoms with Gasteiger partial charge in [-0.25, -0.2) is 4.79 Å². The second kappa shape index (κ2) is 10.4. The summed E-state index contributed by atoms with van der Waals surface area (Å²) in [6.07, 6.45) is -4.80. The number of pyridine rings is 1. The number of esters is 1. The molecule has 2 saturated heterocycles. The molecular weight excluding hydrogens is 493 g/mol. The summed E-state index contributed by atoms with van der Waals surface area (Å²) < 4.78 is 43.7. The molecule has 3 atom stereocenters. The van der Waals surface area contributed by atoms with E-state index >= 15 is 0 Å². The number of amides is 2. The number of likely N-dealkylation sites (tertiary alicyclic amines) is 2. The lowest BCUT2D eigenvalue weighted by molar-refractivity contribution is -0.612. The molecule has 2 N–H and O–H groups in total. The molecule has 1 aromatic heterocycles. The number of aromatic nitrogens is 1.